The van der Waals surface area contributed by atoms with Crippen molar-refractivity contribution in [2.24, 2.45) is 23.7 Å². The van der Waals surface area contributed by atoms with Crippen LogP contribution in [0.1, 0.15) is 91.4 Å². The molecule has 0 spiro atoms. The fourth-order valence-electron chi connectivity index (χ4n) is 8.51. The summed E-state index contributed by atoms with van der Waals surface area (Å²) in [5.74, 6) is -4.55. The van der Waals surface area contributed by atoms with Gasteiger partial charge in [-0.05, 0) is 92.4 Å². The first-order valence-electron chi connectivity index (χ1n) is 19.2. The summed E-state index contributed by atoms with van der Waals surface area (Å²) in [5.41, 5.74) is -0.812. The van der Waals surface area contributed by atoms with E-state index < -0.39 is 71.3 Å². The molecule has 2 N–H and O–H groups in total. The summed E-state index contributed by atoms with van der Waals surface area (Å²) >= 11 is 0. The molecule has 12 nitrogen and oxygen atoms in total. The molecular weight excluding hydrogens is 692 g/mol. The lowest BCUT2D eigenvalue weighted by atomic mass is 9.74. The van der Waals surface area contributed by atoms with Gasteiger partial charge in [-0.1, -0.05) is 50.6 Å². The predicted molar refractivity (Wildman–Crippen MR) is 205 cm³/mol. The van der Waals surface area contributed by atoms with Crippen molar-refractivity contribution < 1.29 is 48.3 Å². The predicted octanol–water partition coefficient (Wildman–Crippen LogP) is 5.51. The highest BCUT2D eigenvalue weighted by molar-refractivity contribution is 6.03. The Morgan fingerprint density at radius 1 is 1.09 bits per heavy atom. The second-order valence-corrected chi connectivity index (χ2v) is 16.1. The summed E-state index contributed by atoms with van der Waals surface area (Å²) in [6.45, 7) is 14.3. The number of Topliss-reactive ketones (excluding diaryl/α,β-unsaturated/α-hetero) is 1. The van der Waals surface area contributed by atoms with E-state index in [0.717, 1.165) is 5.57 Å². The summed E-state index contributed by atoms with van der Waals surface area (Å²) in [5, 5.41) is 24.3. The topological polar surface area (TPSA) is 154 Å². The Bertz CT molecular complexity index is 1640. The third-order valence-electron chi connectivity index (χ3n) is 11.6. The van der Waals surface area contributed by atoms with Crippen LogP contribution in [0.25, 0.3) is 10.9 Å². The minimum Gasteiger partial charge on any atom is -0.462 e. The van der Waals surface area contributed by atoms with Gasteiger partial charge in [0.05, 0.1) is 35.5 Å². The van der Waals surface area contributed by atoms with Crippen molar-refractivity contribution >= 4 is 28.6 Å². The number of hydrogen-bond acceptors (Lipinski definition) is 12. The Kier molecular flexibility index (Phi) is 14.6. The number of nitrogens with zero attached hydrogens (tertiary/aromatic N) is 2. The number of cyclic esters (lactones) is 1. The number of esters is 2. The van der Waals surface area contributed by atoms with E-state index >= 15 is 0 Å². The molecule has 2 aliphatic rings. The van der Waals surface area contributed by atoms with E-state index in [1.807, 2.05) is 84.0 Å². The molecule has 3 heterocycles. The Morgan fingerprint density at radius 2 is 1.78 bits per heavy atom. The van der Waals surface area contributed by atoms with Crippen molar-refractivity contribution in [1.29, 1.82) is 0 Å². The van der Waals surface area contributed by atoms with Gasteiger partial charge in [-0.15, -0.1) is 0 Å². The molecule has 1 fully saturated rings. The fraction of sp³-hybridized carbons (Fsp3) is 0.667. The van der Waals surface area contributed by atoms with Crippen molar-refractivity contribution in [3.63, 3.8) is 0 Å². The number of para-hydroxylation sites is 1. The highest BCUT2D eigenvalue weighted by Gasteiger charge is 2.50. The molecule has 1 saturated heterocycles. The van der Waals surface area contributed by atoms with Crippen LogP contribution in [-0.4, -0.2) is 114 Å². The van der Waals surface area contributed by atoms with Gasteiger partial charge in [-0.3, -0.25) is 14.6 Å². The molecule has 1 aromatic carbocycles. The molecule has 12 heteroatoms. The highest BCUT2D eigenvalue weighted by Crippen LogP contribution is 2.39. The van der Waals surface area contributed by atoms with Crippen LogP contribution < -0.4 is 0 Å². The Hall–Kier alpha value is -3.26. The number of hydrogen-bond donors (Lipinski definition) is 2. The maximum Gasteiger partial charge on any atom is 0.338 e. The number of fused-ring (bicyclic) bond motifs is 1. The van der Waals surface area contributed by atoms with Gasteiger partial charge in [0, 0.05) is 36.6 Å². The van der Waals surface area contributed by atoms with Crippen molar-refractivity contribution in [1.82, 2.24) is 9.88 Å². The Labute approximate surface area is 320 Å². The van der Waals surface area contributed by atoms with Crippen molar-refractivity contribution in [2.75, 3.05) is 27.8 Å². The van der Waals surface area contributed by atoms with Crippen molar-refractivity contribution in [3.8, 4) is 0 Å². The van der Waals surface area contributed by atoms with E-state index in [-0.39, 0.29) is 37.5 Å². The molecule has 1 unspecified atom stereocenters. The second-order valence-electron chi connectivity index (χ2n) is 16.1. The first-order chi connectivity index (χ1) is 25.4. The van der Waals surface area contributed by atoms with Crippen molar-refractivity contribution in [2.45, 2.75) is 129 Å². The molecule has 2 aliphatic heterocycles. The molecule has 1 aromatic heterocycles. The van der Waals surface area contributed by atoms with E-state index in [4.69, 9.17) is 23.7 Å². The number of methoxy groups -OCH3 is 1. The minimum absolute atomic E-state index is 0.0194. The fourth-order valence-corrected chi connectivity index (χ4v) is 8.51. The van der Waals surface area contributed by atoms with Gasteiger partial charge in [0.1, 0.15) is 23.7 Å². The molecule has 12 atom stereocenters. The van der Waals surface area contributed by atoms with E-state index in [1.165, 1.54) is 6.92 Å². The first-order valence-corrected chi connectivity index (χ1v) is 19.2. The molecular formula is C42H62N2O10. The second kappa shape index (κ2) is 18.1. The largest absolute Gasteiger partial charge is 0.462 e. The molecule has 4 rings (SSSR count). The number of aliphatic hydroxyl groups excluding tert-OH is 1. The average Bonchev–Trinajstić information content (AvgIpc) is 3.13. The van der Waals surface area contributed by atoms with Gasteiger partial charge < -0.3 is 38.8 Å². The van der Waals surface area contributed by atoms with Crippen LogP contribution in [-0.2, 0) is 33.3 Å². The van der Waals surface area contributed by atoms with Crippen LogP contribution in [0, 0.1) is 23.7 Å². The van der Waals surface area contributed by atoms with Crippen LogP contribution >= 0.6 is 0 Å². The maximum absolute atomic E-state index is 14.2. The third-order valence-corrected chi connectivity index (χ3v) is 11.6. The molecule has 0 saturated carbocycles. The molecule has 0 amide bonds. The zero-order chi connectivity index (χ0) is 40.1. The molecule has 2 aromatic rings. The normalized spacial score (nSPS) is 37.0. The quantitative estimate of drug-likeness (QED) is 0.188. The number of pyridine rings is 1. The number of carbonyl (C=O) groups is 3. The van der Waals surface area contributed by atoms with E-state index in [2.05, 4.69) is 4.98 Å². The summed E-state index contributed by atoms with van der Waals surface area (Å²) in [4.78, 5) is 47.5. The summed E-state index contributed by atoms with van der Waals surface area (Å²) in [7, 11) is 5.34. The van der Waals surface area contributed by atoms with Gasteiger partial charge >= 0.3 is 11.9 Å². The number of ketones is 1. The summed E-state index contributed by atoms with van der Waals surface area (Å²) in [6.07, 6.45) is 0.898. The van der Waals surface area contributed by atoms with Crippen molar-refractivity contribution in [3.05, 3.63) is 53.7 Å². The summed E-state index contributed by atoms with van der Waals surface area (Å²) < 4.78 is 30.7. The molecule has 0 radical (unpaired) electrons. The number of aliphatic hydroxyl groups is 2. The molecule has 300 valence electrons. The smallest absolute Gasteiger partial charge is 0.338 e. The van der Waals surface area contributed by atoms with Gasteiger partial charge in [0.25, 0.3) is 0 Å². The number of benzene rings is 1. The number of aromatic nitrogens is 1. The van der Waals surface area contributed by atoms with Crippen LogP contribution in [0.5, 0.6) is 0 Å². The number of rotatable bonds is 9. The Morgan fingerprint density at radius 3 is 2.43 bits per heavy atom. The monoisotopic (exact) mass is 754 g/mol. The lowest BCUT2D eigenvalue weighted by Gasteiger charge is -2.47. The lowest BCUT2D eigenvalue weighted by Crippen LogP contribution is -2.59. The van der Waals surface area contributed by atoms with E-state index in [0.29, 0.717) is 29.3 Å². The SMILES string of the molecule is CC[C@H]1OC(=O)C(C)C(=O)[C@H](C)[C@@H](O[C@@H]2O[C@H](C)C[C@H](N(C)C)[C@H]2O)[C@](C)(OC)C[C@@H](C)/C=C(/C)[C@@H](CCOC(=O)c2ccnc3ccccc23)[C@]1(C)O. The van der Waals surface area contributed by atoms with E-state index in [9.17, 15) is 24.6 Å². The van der Waals surface area contributed by atoms with Gasteiger partial charge in [-0.25, -0.2) is 4.79 Å². The first kappa shape index (κ1) is 43.5. The third kappa shape index (κ3) is 9.57. The number of likely N-dealkylation sites (N-methyl/N-ethyl adjacent to an activating group) is 1. The standard InChI is InChI=1S/C42H62N2O10/c1-12-34-42(8,49)31(18-20-51-39(48)30-17-19-43-32-16-14-13-15-29(30)32)25(3)21-24(2)23-41(7,50-11)37(27(5)35(45)28(6)38(47)53-34)54-40-36(46)33(44(9)10)22-26(4)52-40/h13-17,19,21,24,26-28,31,33-34,36-37,40,46,49H,12,18,20,22-23H2,1-11H3/b25-21-/t24-,26+,27-,28?,31+,33-,34+,36+,37+,40-,41+,42-/m0/s1. The molecule has 0 aliphatic carbocycles. The Balaban J connectivity index is 1.69. The number of allylic oxidation sites excluding steroid dienone is 1. The zero-order valence-electron chi connectivity index (χ0n) is 33.9. The van der Waals surface area contributed by atoms with Crippen LogP contribution in [0.15, 0.2) is 48.2 Å². The van der Waals surface area contributed by atoms with Crippen LogP contribution in [0.4, 0.5) is 0 Å². The summed E-state index contributed by atoms with van der Waals surface area (Å²) in [6, 6.07) is 8.71. The van der Waals surface area contributed by atoms with E-state index in [1.54, 1.807) is 33.2 Å². The zero-order valence-corrected chi connectivity index (χ0v) is 33.9. The number of ether oxygens (including phenoxy) is 5. The maximum atomic E-state index is 14.2. The minimum atomic E-state index is -1.59. The molecule has 54 heavy (non-hydrogen) atoms. The lowest BCUT2D eigenvalue weighted by molar-refractivity contribution is -0.295. The van der Waals surface area contributed by atoms with Gasteiger partial charge in [0.15, 0.2) is 12.1 Å². The average molecular weight is 755 g/mol. The van der Waals surface area contributed by atoms with Crippen LogP contribution in [0.3, 0.4) is 0 Å². The van der Waals surface area contributed by atoms with Gasteiger partial charge in [0.2, 0.25) is 0 Å². The highest BCUT2D eigenvalue weighted by atomic mass is 16.7. The molecule has 0 bridgehead atoms. The van der Waals surface area contributed by atoms with Gasteiger partial charge in [-0.2, -0.15) is 0 Å². The number of carbonyl (C=O) groups excluding carboxylic acids is 3. The van der Waals surface area contributed by atoms with Crippen LogP contribution in [0.2, 0.25) is 0 Å².